The highest BCUT2D eigenvalue weighted by molar-refractivity contribution is 5.90. The summed E-state index contributed by atoms with van der Waals surface area (Å²) in [6, 6.07) is 7.67. The van der Waals surface area contributed by atoms with Crippen LogP contribution in [0.2, 0.25) is 0 Å². The van der Waals surface area contributed by atoms with Crippen molar-refractivity contribution in [2.75, 3.05) is 25.0 Å². The predicted octanol–water partition coefficient (Wildman–Crippen LogP) is 1.52. The number of aliphatic hydroxyl groups excluding tert-OH is 1. The molecular formula is C15H20N2O3. The first kappa shape index (κ1) is 13.4. The molecule has 5 nitrogen and oxygen atoms in total. The zero-order valence-corrected chi connectivity index (χ0v) is 11.4. The number of β-amino-alcohol motifs (C(OH)–C–C–N with tert-alkyl or cyclic N) is 1. The van der Waals surface area contributed by atoms with Crippen LogP contribution in [0.5, 0.6) is 0 Å². The fourth-order valence-corrected chi connectivity index (χ4v) is 2.71. The zero-order chi connectivity index (χ0) is 14.2. The molecular weight excluding hydrogens is 256 g/mol. The molecule has 0 spiro atoms. The second-order valence-corrected chi connectivity index (χ2v) is 5.85. The van der Waals surface area contributed by atoms with Crippen LogP contribution in [0.3, 0.4) is 0 Å². The molecule has 20 heavy (non-hydrogen) atoms. The molecule has 2 amide bonds. The summed E-state index contributed by atoms with van der Waals surface area (Å²) in [5, 5.41) is 22.0. The Kier molecular flexibility index (Phi) is 3.40. The van der Waals surface area contributed by atoms with E-state index >= 15 is 0 Å². The van der Waals surface area contributed by atoms with Crippen LogP contribution < -0.4 is 5.32 Å². The van der Waals surface area contributed by atoms with Gasteiger partial charge in [-0.1, -0.05) is 18.2 Å². The van der Waals surface area contributed by atoms with Gasteiger partial charge in [-0.05, 0) is 36.8 Å². The molecule has 2 aliphatic rings. The third-order valence-corrected chi connectivity index (χ3v) is 4.13. The first-order chi connectivity index (χ1) is 9.61. The Bertz CT molecular complexity index is 516. The number of urea groups is 1. The number of para-hydroxylation sites is 1. The number of benzene rings is 1. The maximum Gasteiger partial charge on any atom is 0.321 e. The lowest BCUT2D eigenvalue weighted by Crippen LogP contribution is -2.40. The van der Waals surface area contributed by atoms with Gasteiger partial charge in [0, 0.05) is 12.2 Å². The van der Waals surface area contributed by atoms with Crippen molar-refractivity contribution >= 4 is 11.7 Å². The predicted molar refractivity (Wildman–Crippen MR) is 75.7 cm³/mol. The van der Waals surface area contributed by atoms with Gasteiger partial charge in [0.25, 0.3) is 0 Å². The van der Waals surface area contributed by atoms with Crippen molar-refractivity contribution in [1.29, 1.82) is 0 Å². The first-order valence-corrected chi connectivity index (χ1v) is 7.09. The maximum absolute atomic E-state index is 12.2. The van der Waals surface area contributed by atoms with Crippen LogP contribution in [0.15, 0.2) is 24.3 Å². The van der Waals surface area contributed by atoms with Crippen molar-refractivity contribution in [3.05, 3.63) is 29.8 Å². The van der Waals surface area contributed by atoms with E-state index in [1.807, 2.05) is 18.2 Å². The highest BCUT2D eigenvalue weighted by atomic mass is 16.3. The average molecular weight is 276 g/mol. The zero-order valence-electron chi connectivity index (χ0n) is 11.4. The fourth-order valence-electron chi connectivity index (χ4n) is 2.71. The van der Waals surface area contributed by atoms with Gasteiger partial charge >= 0.3 is 6.03 Å². The summed E-state index contributed by atoms with van der Waals surface area (Å²) < 4.78 is 0. The van der Waals surface area contributed by atoms with E-state index < -0.39 is 5.60 Å². The molecule has 1 aromatic rings. The fraction of sp³-hybridized carbons (Fsp3) is 0.533. The lowest BCUT2D eigenvalue weighted by Gasteiger charge is -2.21. The maximum atomic E-state index is 12.2. The molecule has 0 bridgehead atoms. The SMILES string of the molecule is O=C(Nc1ccccc1C1CC1)N1CC[C@@](O)(CO)C1. The largest absolute Gasteiger partial charge is 0.393 e. The third kappa shape index (κ3) is 2.64. The van der Waals surface area contributed by atoms with Crippen LogP contribution in [0.25, 0.3) is 0 Å². The number of hydrogen-bond donors (Lipinski definition) is 3. The lowest BCUT2D eigenvalue weighted by molar-refractivity contribution is -0.00246. The van der Waals surface area contributed by atoms with Crippen molar-refractivity contribution in [2.24, 2.45) is 0 Å². The first-order valence-electron chi connectivity index (χ1n) is 7.09. The summed E-state index contributed by atoms with van der Waals surface area (Å²) in [7, 11) is 0. The Morgan fingerprint density at radius 3 is 2.80 bits per heavy atom. The Balaban J connectivity index is 1.68. The topological polar surface area (TPSA) is 72.8 Å². The molecule has 1 aromatic carbocycles. The van der Waals surface area contributed by atoms with Crippen LogP contribution in [0, 0.1) is 0 Å². The standard InChI is InChI=1S/C15H20N2O3/c18-10-15(20)7-8-17(9-15)14(19)16-13-4-2-1-3-12(13)11-5-6-11/h1-4,11,18,20H,5-10H2,(H,16,19)/t15-/m0/s1. The molecule has 1 heterocycles. The molecule has 1 saturated carbocycles. The minimum atomic E-state index is -1.15. The van der Waals surface area contributed by atoms with Gasteiger partial charge in [0.15, 0.2) is 0 Å². The summed E-state index contributed by atoms with van der Waals surface area (Å²) in [5.41, 5.74) is 0.907. The lowest BCUT2D eigenvalue weighted by atomic mass is 10.1. The molecule has 1 atom stereocenters. The summed E-state index contributed by atoms with van der Waals surface area (Å²) in [6.45, 7) is 0.338. The molecule has 3 N–H and O–H groups in total. The normalized spacial score (nSPS) is 25.8. The number of carbonyl (C=O) groups excluding carboxylic acids is 1. The average Bonchev–Trinajstić information content (AvgIpc) is 3.22. The van der Waals surface area contributed by atoms with Crippen molar-refractivity contribution in [3.63, 3.8) is 0 Å². The molecule has 0 aromatic heterocycles. The number of nitrogens with zero attached hydrogens (tertiary/aromatic N) is 1. The van der Waals surface area contributed by atoms with Crippen LogP contribution in [-0.4, -0.2) is 46.4 Å². The van der Waals surface area contributed by atoms with Crippen molar-refractivity contribution in [3.8, 4) is 0 Å². The Morgan fingerprint density at radius 2 is 2.15 bits per heavy atom. The smallest absolute Gasteiger partial charge is 0.321 e. The molecule has 2 fully saturated rings. The monoisotopic (exact) mass is 276 g/mol. The van der Waals surface area contributed by atoms with Gasteiger partial charge in [0.2, 0.25) is 0 Å². The van der Waals surface area contributed by atoms with E-state index in [9.17, 15) is 9.90 Å². The number of rotatable bonds is 3. The number of likely N-dealkylation sites (tertiary alicyclic amines) is 1. The van der Waals surface area contributed by atoms with Gasteiger partial charge in [-0.3, -0.25) is 0 Å². The molecule has 108 valence electrons. The van der Waals surface area contributed by atoms with Gasteiger partial charge in [0.1, 0.15) is 5.60 Å². The van der Waals surface area contributed by atoms with Crippen LogP contribution in [0.1, 0.15) is 30.7 Å². The molecule has 5 heteroatoms. The van der Waals surface area contributed by atoms with Gasteiger partial charge in [-0.15, -0.1) is 0 Å². The van der Waals surface area contributed by atoms with E-state index in [1.165, 1.54) is 18.4 Å². The molecule has 0 radical (unpaired) electrons. The molecule has 3 rings (SSSR count). The number of anilines is 1. The quantitative estimate of drug-likeness (QED) is 0.784. The second kappa shape index (κ2) is 5.07. The number of aliphatic hydroxyl groups is 2. The van der Waals surface area contributed by atoms with Gasteiger partial charge in [-0.25, -0.2) is 4.79 Å². The number of nitrogens with one attached hydrogen (secondary N) is 1. The minimum Gasteiger partial charge on any atom is -0.393 e. The second-order valence-electron chi connectivity index (χ2n) is 5.85. The van der Waals surface area contributed by atoms with E-state index in [-0.39, 0.29) is 19.2 Å². The van der Waals surface area contributed by atoms with Crippen molar-refractivity contribution < 1.29 is 15.0 Å². The summed E-state index contributed by atoms with van der Waals surface area (Å²) in [4.78, 5) is 13.8. The Morgan fingerprint density at radius 1 is 1.40 bits per heavy atom. The number of carbonyl (C=O) groups is 1. The van der Waals surface area contributed by atoms with Crippen LogP contribution in [0.4, 0.5) is 10.5 Å². The van der Waals surface area contributed by atoms with Gasteiger partial charge < -0.3 is 20.4 Å². The number of hydrogen-bond acceptors (Lipinski definition) is 3. The summed E-state index contributed by atoms with van der Waals surface area (Å²) in [6.07, 6.45) is 2.78. The summed E-state index contributed by atoms with van der Waals surface area (Å²) >= 11 is 0. The highest BCUT2D eigenvalue weighted by Gasteiger charge is 2.38. The van der Waals surface area contributed by atoms with Crippen molar-refractivity contribution in [1.82, 2.24) is 4.90 Å². The van der Waals surface area contributed by atoms with E-state index in [4.69, 9.17) is 5.11 Å². The van der Waals surface area contributed by atoms with Crippen LogP contribution in [-0.2, 0) is 0 Å². The van der Waals surface area contributed by atoms with E-state index in [0.29, 0.717) is 18.9 Å². The van der Waals surface area contributed by atoms with E-state index in [0.717, 1.165) is 5.69 Å². The Hall–Kier alpha value is -1.59. The minimum absolute atomic E-state index is 0.181. The van der Waals surface area contributed by atoms with E-state index in [1.54, 1.807) is 4.90 Å². The van der Waals surface area contributed by atoms with Crippen LogP contribution >= 0.6 is 0 Å². The molecule has 1 saturated heterocycles. The highest BCUT2D eigenvalue weighted by Crippen LogP contribution is 2.43. The van der Waals surface area contributed by atoms with E-state index in [2.05, 4.69) is 11.4 Å². The Labute approximate surface area is 118 Å². The van der Waals surface area contributed by atoms with Gasteiger partial charge in [-0.2, -0.15) is 0 Å². The van der Waals surface area contributed by atoms with Crippen molar-refractivity contribution in [2.45, 2.75) is 30.8 Å². The number of amides is 2. The molecule has 0 unspecified atom stereocenters. The molecule has 1 aliphatic heterocycles. The summed E-state index contributed by atoms with van der Waals surface area (Å²) in [5.74, 6) is 0.569. The van der Waals surface area contributed by atoms with Gasteiger partial charge in [0.05, 0.1) is 13.2 Å². The third-order valence-electron chi connectivity index (χ3n) is 4.13. The molecule has 1 aliphatic carbocycles.